The summed E-state index contributed by atoms with van der Waals surface area (Å²) in [6.45, 7) is 30.9. The van der Waals surface area contributed by atoms with Crippen LogP contribution in [0.2, 0.25) is 0 Å². The number of hydrogen-bond acceptors (Lipinski definition) is 8. The summed E-state index contributed by atoms with van der Waals surface area (Å²) in [6, 6.07) is 3.92. The van der Waals surface area contributed by atoms with Crippen molar-refractivity contribution in [3.05, 3.63) is 28.8 Å². The van der Waals surface area contributed by atoms with Crippen LogP contribution in [0, 0.1) is 5.41 Å². The Bertz CT molecular complexity index is 1240. The predicted molar refractivity (Wildman–Crippen MR) is 197 cm³/mol. The number of phenols is 1. The fraction of sp³-hybridized carbons (Fsp3) is 0.805. The quantitative estimate of drug-likeness (QED) is 0.196. The van der Waals surface area contributed by atoms with Crippen LogP contribution in [0.4, 0.5) is 0 Å². The average molecular weight is 687 g/mol. The third-order valence-electron chi connectivity index (χ3n) is 11.4. The first-order chi connectivity index (χ1) is 22.0. The number of unbranched alkanes of at least 4 members (excludes halogenated alkanes) is 1. The Hall–Kier alpha value is -2.16. The van der Waals surface area contributed by atoms with Gasteiger partial charge in [0.1, 0.15) is 18.0 Å². The van der Waals surface area contributed by atoms with Gasteiger partial charge >= 0.3 is 11.9 Å². The molecule has 2 aliphatic heterocycles. The number of nitrogens with zero attached hydrogens (tertiary/aromatic N) is 2. The summed E-state index contributed by atoms with van der Waals surface area (Å²) < 4.78 is 12.9. The van der Waals surface area contributed by atoms with Crippen molar-refractivity contribution in [3.8, 4) is 5.75 Å². The Balaban J connectivity index is 2.20. The summed E-state index contributed by atoms with van der Waals surface area (Å²) in [7, 11) is 2.12. The Morgan fingerprint density at radius 3 is 1.47 bits per heavy atom. The molecule has 0 radical (unpaired) electrons. The van der Waals surface area contributed by atoms with Crippen molar-refractivity contribution in [2.24, 2.45) is 5.41 Å². The van der Waals surface area contributed by atoms with E-state index in [4.69, 9.17) is 9.47 Å². The van der Waals surface area contributed by atoms with Gasteiger partial charge in [-0.05, 0) is 103 Å². The molecule has 0 aromatic heterocycles. The maximum absolute atomic E-state index is 14.9. The molecule has 2 aliphatic rings. The molecule has 1 aromatic rings. The summed E-state index contributed by atoms with van der Waals surface area (Å²) in [5.41, 5.74) is -1.70. The number of rotatable bonds is 9. The monoisotopic (exact) mass is 687 g/mol. The number of carbonyl (C=O) groups is 2. The first kappa shape index (κ1) is 41.3. The van der Waals surface area contributed by atoms with Crippen LogP contribution in [0.5, 0.6) is 5.75 Å². The zero-order chi connectivity index (χ0) is 37.8. The number of hydroxylamine groups is 2. The molecular formula is C41H70N2O6. The van der Waals surface area contributed by atoms with Crippen molar-refractivity contribution in [1.82, 2.24) is 9.96 Å². The van der Waals surface area contributed by atoms with E-state index in [0.29, 0.717) is 32.1 Å². The summed E-state index contributed by atoms with van der Waals surface area (Å²) in [5.74, 6) is -0.847. The zero-order valence-corrected chi connectivity index (χ0v) is 33.9. The number of carbonyl (C=O) groups excluding carboxylic acids is 2. The van der Waals surface area contributed by atoms with E-state index >= 15 is 0 Å². The van der Waals surface area contributed by atoms with Crippen molar-refractivity contribution in [2.45, 2.75) is 200 Å². The number of piperidine rings is 2. The third kappa shape index (κ3) is 8.84. The van der Waals surface area contributed by atoms with E-state index in [2.05, 4.69) is 88.1 Å². The first-order valence-corrected chi connectivity index (χ1v) is 18.5. The molecule has 2 N–H and O–H groups in total. The molecule has 49 heavy (non-hydrogen) atoms. The van der Waals surface area contributed by atoms with Gasteiger partial charge in [-0.2, -0.15) is 5.06 Å². The Morgan fingerprint density at radius 1 is 0.755 bits per heavy atom. The number of phenolic OH excluding ortho intramolecular Hbond substituents is 1. The van der Waals surface area contributed by atoms with Crippen molar-refractivity contribution in [3.63, 3.8) is 0 Å². The van der Waals surface area contributed by atoms with Gasteiger partial charge in [0.2, 0.25) is 0 Å². The van der Waals surface area contributed by atoms with Gasteiger partial charge in [-0.3, -0.25) is 14.5 Å². The smallest absolute Gasteiger partial charge is 0.324 e. The maximum Gasteiger partial charge on any atom is 0.324 e. The van der Waals surface area contributed by atoms with Crippen molar-refractivity contribution < 1.29 is 29.4 Å². The molecule has 0 bridgehead atoms. The minimum atomic E-state index is -1.60. The van der Waals surface area contributed by atoms with Crippen LogP contribution in [0.3, 0.4) is 0 Å². The minimum Gasteiger partial charge on any atom is -0.507 e. The molecule has 1 aromatic carbocycles. The molecule has 8 heteroatoms. The number of benzene rings is 1. The van der Waals surface area contributed by atoms with Gasteiger partial charge in [0.25, 0.3) is 0 Å². The highest BCUT2D eigenvalue weighted by atomic mass is 16.6. The largest absolute Gasteiger partial charge is 0.507 e. The van der Waals surface area contributed by atoms with Gasteiger partial charge in [-0.25, -0.2) is 0 Å². The van der Waals surface area contributed by atoms with Crippen LogP contribution in [-0.4, -0.2) is 73.6 Å². The molecule has 1 unspecified atom stereocenters. The second-order valence-corrected chi connectivity index (χ2v) is 19.9. The molecule has 2 heterocycles. The number of hydrogen-bond donors (Lipinski definition) is 2. The maximum atomic E-state index is 14.9. The van der Waals surface area contributed by atoms with E-state index in [9.17, 15) is 19.9 Å². The van der Waals surface area contributed by atoms with Crippen LogP contribution in [-0.2, 0) is 36.3 Å². The van der Waals surface area contributed by atoms with Gasteiger partial charge < -0.3 is 19.8 Å². The van der Waals surface area contributed by atoms with Crippen LogP contribution < -0.4 is 0 Å². The highest BCUT2D eigenvalue weighted by molar-refractivity contribution is 6.00. The molecule has 2 fully saturated rings. The number of ether oxygens (including phenoxy) is 2. The molecule has 0 spiro atoms. The lowest BCUT2D eigenvalue weighted by atomic mass is 9.73. The standard InChI is InChI=1S/C41H70N2O6/c1-17-18-19-41(33(45)48-28-23-37(8,9)42(16)38(10,11)24-28,34(46)49-29-25-39(12,13)43(47)40(14,15)26-29)22-27-20-30(35(2,3)4)32(44)31(21-27)36(5,6)7/h20-21,28-29,44,47H,17-19,22-26H2,1-16H3. The van der Waals surface area contributed by atoms with E-state index in [1.807, 2.05) is 39.8 Å². The number of likely N-dealkylation sites (tertiary alicyclic amines) is 1. The van der Waals surface area contributed by atoms with E-state index in [-0.39, 0.29) is 46.6 Å². The molecule has 1 atom stereocenters. The second-order valence-electron chi connectivity index (χ2n) is 19.9. The van der Waals surface area contributed by atoms with E-state index in [1.54, 1.807) is 0 Å². The molecular weight excluding hydrogens is 616 g/mol. The van der Waals surface area contributed by atoms with Crippen molar-refractivity contribution in [2.75, 3.05) is 7.05 Å². The zero-order valence-electron chi connectivity index (χ0n) is 33.9. The fourth-order valence-electron chi connectivity index (χ4n) is 8.44. The number of esters is 2. The fourth-order valence-corrected chi connectivity index (χ4v) is 8.44. The highest BCUT2D eigenvalue weighted by Crippen LogP contribution is 2.45. The molecule has 3 rings (SSSR count). The summed E-state index contributed by atoms with van der Waals surface area (Å²) in [6.07, 6.45) is 3.09. The first-order valence-electron chi connectivity index (χ1n) is 18.5. The highest BCUT2D eigenvalue weighted by Gasteiger charge is 2.54. The lowest BCUT2D eigenvalue weighted by molar-refractivity contribution is -0.260. The minimum absolute atomic E-state index is 0.0994. The van der Waals surface area contributed by atoms with E-state index < -0.39 is 34.5 Å². The van der Waals surface area contributed by atoms with Crippen LogP contribution in [0.25, 0.3) is 0 Å². The van der Waals surface area contributed by atoms with Crippen molar-refractivity contribution in [1.29, 1.82) is 0 Å². The van der Waals surface area contributed by atoms with Crippen LogP contribution >= 0.6 is 0 Å². The van der Waals surface area contributed by atoms with Crippen LogP contribution in [0.1, 0.15) is 165 Å². The summed E-state index contributed by atoms with van der Waals surface area (Å²) in [5, 5.41) is 23.8. The summed E-state index contributed by atoms with van der Waals surface area (Å²) >= 11 is 0. The Labute approximate surface area is 298 Å². The molecule has 0 saturated carbocycles. The molecule has 0 amide bonds. The van der Waals surface area contributed by atoms with Gasteiger partial charge in [0.15, 0.2) is 5.41 Å². The van der Waals surface area contributed by atoms with Gasteiger partial charge in [0.05, 0.1) is 0 Å². The predicted octanol–water partition coefficient (Wildman–Crippen LogP) is 8.85. The third-order valence-corrected chi connectivity index (χ3v) is 11.4. The van der Waals surface area contributed by atoms with E-state index in [1.165, 1.54) is 5.06 Å². The van der Waals surface area contributed by atoms with Gasteiger partial charge in [0, 0.05) is 47.8 Å². The SMILES string of the molecule is CCCCC(Cc1cc(C(C)(C)C)c(O)c(C(C)(C)C)c1)(C(=O)OC1CC(C)(C)N(C)C(C)(C)C1)C(=O)OC1CC(C)(C)N(O)C(C)(C)C1. The van der Waals surface area contributed by atoms with E-state index in [0.717, 1.165) is 23.1 Å². The lowest BCUT2D eigenvalue weighted by Gasteiger charge is -2.53. The van der Waals surface area contributed by atoms with Crippen LogP contribution in [0.15, 0.2) is 12.1 Å². The number of aromatic hydroxyl groups is 1. The van der Waals surface area contributed by atoms with Gasteiger partial charge in [-0.15, -0.1) is 0 Å². The van der Waals surface area contributed by atoms with Crippen molar-refractivity contribution >= 4 is 11.9 Å². The molecule has 280 valence electrons. The average Bonchev–Trinajstić information content (AvgIpc) is 2.91. The summed E-state index contributed by atoms with van der Waals surface area (Å²) in [4.78, 5) is 32.2. The normalized spacial score (nSPS) is 23.1. The Kier molecular flexibility index (Phi) is 11.6. The van der Waals surface area contributed by atoms with Gasteiger partial charge in [-0.1, -0.05) is 73.4 Å². The molecule has 2 saturated heterocycles. The molecule has 8 nitrogen and oxygen atoms in total. The second kappa shape index (κ2) is 13.8. The Morgan fingerprint density at radius 2 is 1.12 bits per heavy atom. The lowest BCUT2D eigenvalue weighted by Crippen LogP contribution is -2.61. The molecule has 0 aliphatic carbocycles. The topological polar surface area (TPSA) is 99.5 Å².